The molecule has 1 unspecified atom stereocenters. The van der Waals surface area contributed by atoms with Crippen LogP contribution in [0.1, 0.15) is 38.5 Å². The first-order valence-electron chi connectivity index (χ1n) is 10.6. The van der Waals surface area contributed by atoms with Gasteiger partial charge in [0.05, 0.1) is 6.61 Å². The first-order chi connectivity index (χ1) is 14.8. The molecule has 0 saturated carbocycles. The summed E-state index contributed by atoms with van der Waals surface area (Å²) in [5.41, 5.74) is 0.0270. The largest absolute Gasteiger partial charge is 0.490 e. The molecule has 2 aliphatic rings. The highest BCUT2D eigenvalue weighted by Crippen LogP contribution is 2.45. The zero-order valence-corrected chi connectivity index (χ0v) is 19.9. The zero-order valence-electron chi connectivity index (χ0n) is 19.1. The molecular weight excluding hydrogens is 445 g/mol. The third kappa shape index (κ3) is 6.92. The fourth-order valence-corrected chi connectivity index (χ4v) is 5.26. The molecule has 1 spiro atoms. The molecule has 0 aromatic carbocycles. The van der Waals surface area contributed by atoms with Gasteiger partial charge in [0.25, 0.3) is 0 Å². The van der Waals surface area contributed by atoms with Crippen LogP contribution in [0.2, 0.25) is 0 Å². The van der Waals surface area contributed by atoms with E-state index >= 15 is 0 Å². The summed E-state index contributed by atoms with van der Waals surface area (Å²) in [6.45, 7) is 12.0. The normalized spacial score (nSPS) is 21.3. The molecule has 182 valence electrons. The van der Waals surface area contributed by atoms with Crippen molar-refractivity contribution in [1.82, 2.24) is 9.80 Å². The molecule has 6 nitrogen and oxygen atoms in total. The number of amides is 1. The SMILES string of the molecule is COCC1CN(Cc2cccs2)CC12CCN(C(=O)C(C)(C)C)CC2.O=C(O)C(F)(F)F. The Bertz CT molecular complexity index is 754. The maximum absolute atomic E-state index is 12.6. The number of thiophene rings is 1. The van der Waals surface area contributed by atoms with Crippen LogP contribution in [-0.4, -0.2) is 72.9 Å². The van der Waals surface area contributed by atoms with Crippen molar-refractivity contribution in [3.05, 3.63) is 22.4 Å². The second kappa shape index (κ2) is 10.5. The molecule has 1 atom stereocenters. The summed E-state index contributed by atoms with van der Waals surface area (Å²) < 4.78 is 37.3. The zero-order chi connectivity index (χ0) is 24.2. The Morgan fingerprint density at radius 3 is 2.28 bits per heavy atom. The summed E-state index contributed by atoms with van der Waals surface area (Å²) in [5.74, 6) is -1.89. The van der Waals surface area contributed by atoms with Gasteiger partial charge in [-0.3, -0.25) is 9.69 Å². The van der Waals surface area contributed by atoms with Crippen LogP contribution in [0.4, 0.5) is 13.2 Å². The molecule has 1 amide bonds. The summed E-state index contributed by atoms with van der Waals surface area (Å²) in [7, 11) is 1.81. The number of carbonyl (C=O) groups is 2. The first kappa shape index (κ1) is 26.6. The lowest BCUT2D eigenvalue weighted by atomic mass is 9.71. The highest BCUT2D eigenvalue weighted by Gasteiger charge is 2.48. The van der Waals surface area contributed by atoms with Crippen LogP contribution in [0.3, 0.4) is 0 Å². The Morgan fingerprint density at radius 1 is 1.25 bits per heavy atom. The summed E-state index contributed by atoms with van der Waals surface area (Å²) in [4.78, 5) is 27.6. The second-order valence-corrected chi connectivity index (χ2v) is 10.6. The molecule has 32 heavy (non-hydrogen) atoms. The predicted octanol–water partition coefficient (Wildman–Crippen LogP) is 4.11. The highest BCUT2D eigenvalue weighted by molar-refractivity contribution is 7.09. The van der Waals surface area contributed by atoms with Crippen molar-refractivity contribution < 1.29 is 32.6 Å². The van der Waals surface area contributed by atoms with Crippen LogP contribution in [0, 0.1) is 16.7 Å². The Morgan fingerprint density at radius 2 is 1.84 bits per heavy atom. The number of ether oxygens (including phenoxy) is 1. The van der Waals surface area contributed by atoms with Crippen LogP contribution >= 0.6 is 11.3 Å². The summed E-state index contributed by atoms with van der Waals surface area (Å²) in [6.07, 6.45) is -2.88. The Labute approximate surface area is 191 Å². The fraction of sp³-hybridized carbons (Fsp3) is 0.727. The number of alkyl halides is 3. The van der Waals surface area contributed by atoms with E-state index in [1.807, 2.05) is 39.2 Å². The number of carboxylic acid groups (broad SMARTS) is 1. The van der Waals surface area contributed by atoms with E-state index in [2.05, 4.69) is 27.3 Å². The van der Waals surface area contributed by atoms with E-state index in [0.29, 0.717) is 17.2 Å². The number of hydrogen-bond donors (Lipinski definition) is 1. The van der Waals surface area contributed by atoms with Crippen LogP contribution in [-0.2, 0) is 20.9 Å². The van der Waals surface area contributed by atoms with Crippen molar-refractivity contribution in [2.45, 2.75) is 46.3 Å². The number of hydrogen-bond acceptors (Lipinski definition) is 5. The number of piperidine rings is 1. The Balaban J connectivity index is 0.000000451. The van der Waals surface area contributed by atoms with Gasteiger partial charge >= 0.3 is 12.1 Å². The summed E-state index contributed by atoms with van der Waals surface area (Å²) in [5, 5.41) is 9.28. The third-order valence-electron chi connectivity index (χ3n) is 6.14. The molecule has 1 N–H and O–H groups in total. The predicted molar refractivity (Wildman–Crippen MR) is 116 cm³/mol. The van der Waals surface area contributed by atoms with Crippen LogP contribution in [0.5, 0.6) is 0 Å². The smallest absolute Gasteiger partial charge is 0.475 e. The van der Waals surface area contributed by atoms with Crippen molar-refractivity contribution in [2.24, 2.45) is 16.7 Å². The monoisotopic (exact) mass is 478 g/mol. The van der Waals surface area contributed by atoms with E-state index in [9.17, 15) is 18.0 Å². The molecule has 0 aliphatic carbocycles. The van der Waals surface area contributed by atoms with Crippen molar-refractivity contribution >= 4 is 23.2 Å². The number of nitrogens with zero attached hydrogens (tertiary/aromatic N) is 2. The van der Waals surface area contributed by atoms with E-state index in [-0.39, 0.29) is 5.41 Å². The standard InChI is InChI=1S/C20H32N2O2S.C2HF3O2/c1-19(2,3)18(23)22-9-7-20(8-10-22)15-21(12-16(20)14-24-4)13-17-6-5-11-25-17;3-2(4,5)1(6)7/h5-6,11,16H,7-10,12-15H2,1-4H3;(H,6,7). The lowest BCUT2D eigenvalue weighted by molar-refractivity contribution is -0.192. The molecule has 3 rings (SSSR count). The molecule has 0 radical (unpaired) electrons. The Hall–Kier alpha value is -1.65. The van der Waals surface area contributed by atoms with E-state index in [4.69, 9.17) is 14.6 Å². The fourth-order valence-electron chi connectivity index (χ4n) is 4.51. The minimum Gasteiger partial charge on any atom is -0.475 e. The molecule has 2 aliphatic heterocycles. The van der Waals surface area contributed by atoms with Crippen molar-refractivity contribution in [2.75, 3.05) is 39.9 Å². The van der Waals surface area contributed by atoms with Crippen molar-refractivity contribution in [1.29, 1.82) is 0 Å². The second-order valence-electron chi connectivity index (χ2n) is 9.61. The number of likely N-dealkylation sites (tertiary alicyclic amines) is 2. The molecule has 0 bridgehead atoms. The van der Waals surface area contributed by atoms with Crippen LogP contribution in [0.15, 0.2) is 17.5 Å². The van der Waals surface area contributed by atoms with Gasteiger partial charge in [-0.05, 0) is 29.7 Å². The minimum absolute atomic E-state index is 0.280. The maximum Gasteiger partial charge on any atom is 0.490 e. The number of carboxylic acids is 1. The molecule has 1 aromatic heterocycles. The molecular formula is C22H33F3N2O4S. The molecule has 2 saturated heterocycles. The molecule has 10 heteroatoms. The molecule has 1 aromatic rings. The quantitative estimate of drug-likeness (QED) is 0.705. The average Bonchev–Trinajstić information content (AvgIpc) is 3.30. The van der Waals surface area contributed by atoms with E-state index < -0.39 is 12.1 Å². The van der Waals surface area contributed by atoms with Gasteiger partial charge in [0.15, 0.2) is 0 Å². The lowest BCUT2D eigenvalue weighted by Crippen LogP contribution is -2.49. The van der Waals surface area contributed by atoms with Gasteiger partial charge in [0.2, 0.25) is 5.91 Å². The minimum atomic E-state index is -5.08. The number of aliphatic carboxylic acids is 1. The molecule has 3 heterocycles. The first-order valence-corrected chi connectivity index (χ1v) is 11.5. The van der Waals surface area contributed by atoms with Gasteiger partial charge in [-0.2, -0.15) is 13.2 Å². The third-order valence-corrected chi connectivity index (χ3v) is 7.00. The number of rotatable bonds is 4. The van der Waals surface area contributed by atoms with Gasteiger partial charge in [-0.25, -0.2) is 4.79 Å². The van der Waals surface area contributed by atoms with E-state index in [0.717, 1.165) is 52.2 Å². The summed E-state index contributed by atoms with van der Waals surface area (Å²) >= 11 is 1.84. The summed E-state index contributed by atoms with van der Waals surface area (Å²) in [6, 6.07) is 4.36. The lowest BCUT2D eigenvalue weighted by Gasteiger charge is -2.44. The maximum atomic E-state index is 12.6. The topological polar surface area (TPSA) is 70.1 Å². The van der Waals surface area contributed by atoms with Gasteiger partial charge in [0, 0.05) is 56.0 Å². The van der Waals surface area contributed by atoms with Crippen molar-refractivity contribution in [3.8, 4) is 0 Å². The van der Waals surface area contributed by atoms with Gasteiger partial charge in [0.1, 0.15) is 0 Å². The number of carbonyl (C=O) groups excluding carboxylic acids is 1. The van der Waals surface area contributed by atoms with Gasteiger partial charge < -0.3 is 14.7 Å². The van der Waals surface area contributed by atoms with Crippen molar-refractivity contribution in [3.63, 3.8) is 0 Å². The van der Waals surface area contributed by atoms with Crippen LogP contribution < -0.4 is 0 Å². The van der Waals surface area contributed by atoms with E-state index in [1.54, 1.807) is 0 Å². The van der Waals surface area contributed by atoms with Gasteiger partial charge in [-0.15, -0.1) is 11.3 Å². The highest BCUT2D eigenvalue weighted by atomic mass is 32.1. The number of methoxy groups -OCH3 is 1. The number of halogens is 3. The van der Waals surface area contributed by atoms with E-state index in [1.165, 1.54) is 4.88 Å². The van der Waals surface area contributed by atoms with Crippen LogP contribution in [0.25, 0.3) is 0 Å². The Kier molecular flexibility index (Phi) is 8.75. The molecule has 2 fully saturated rings. The average molecular weight is 479 g/mol. The van der Waals surface area contributed by atoms with Gasteiger partial charge in [-0.1, -0.05) is 26.8 Å².